The predicted octanol–water partition coefficient (Wildman–Crippen LogP) is 3.93. The van der Waals surface area contributed by atoms with E-state index in [0.29, 0.717) is 22.1 Å². The third kappa shape index (κ3) is 4.46. The number of benzene rings is 2. The van der Waals surface area contributed by atoms with Crippen LogP contribution in [0.1, 0.15) is 12.5 Å². The first-order valence-electron chi connectivity index (χ1n) is 7.75. The molecule has 2 aromatic carbocycles. The molecule has 0 spiro atoms. The van der Waals surface area contributed by atoms with Crippen molar-refractivity contribution >= 4 is 46.6 Å². The molecule has 0 radical (unpaired) electrons. The van der Waals surface area contributed by atoms with Gasteiger partial charge in [0.05, 0.1) is 21.6 Å². The monoisotopic (exact) mass is 376 g/mol. The summed E-state index contributed by atoms with van der Waals surface area (Å²) in [6.07, 6.45) is 0. The first-order valence-corrected chi connectivity index (χ1v) is 9.18. The second-order valence-corrected chi connectivity index (χ2v) is 7.33. The van der Waals surface area contributed by atoms with Crippen LogP contribution in [0.25, 0.3) is 0 Å². The lowest BCUT2D eigenvalue weighted by atomic mass is 10.2. The van der Waals surface area contributed by atoms with Crippen molar-refractivity contribution in [3.05, 3.63) is 53.1 Å². The van der Waals surface area contributed by atoms with E-state index in [9.17, 15) is 9.59 Å². The maximum atomic E-state index is 12.4. The van der Waals surface area contributed by atoms with Gasteiger partial charge in [-0.1, -0.05) is 41.9 Å². The van der Waals surface area contributed by atoms with Crippen LogP contribution in [0.3, 0.4) is 0 Å². The highest BCUT2D eigenvalue weighted by Crippen LogP contribution is 2.36. The number of ether oxygens (including phenoxy) is 1. The van der Waals surface area contributed by atoms with Crippen molar-refractivity contribution in [1.29, 1.82) is 0 Å². The lowest BCUT2D eigenvalue weighted by Gasteiger charge is -2.20. The normalized spacial score (nSPS) is 14.1. The number of amides is 2. The minimum absolute atomic E-state index is 0.0502. The van der Waals surface area contributed by atoms with Crippen molar-refractivity contribution in [3.63, 3.8) is 0 Å². The van der Waals surface area contributed by atoms with E-state index in [1.807, 2.05) is 37.3 Å². The summed E-state index contributed by atoms with van der Waals surface area (Å²) in [5.41, 5.74) is 2.14. The molecule has 1 unspecified atom stereocenters. The van der Waals surface area contributed by atoms with Gasteiger partial charge in [-0.25, -0.2) is 0 Å². The van der Waals surface area contributed by atoms with E-state index in [0.717, 1.165) is 5.75 Å². The molecular formula is C18H17ClN2O3S. The molecule has 0 saturated carbocycles. The third-order valence-electron chi connectivity index (χ3n) is 3.67. The number of nitrogens with one attached hydrogen (secondary N) is 2. The highest BCUT2D eigenvalue weighted by molar-refractivity contribution is 7.99. The summed E-state index contributed by atoms with van der Waals surface area (Å²) in [4.78, 5) is 23.7. The zero-order valence-corrected chi connectivity index (χ0v) is 15.1. The molecule has 1 aliphatic heterocycles. The second kappa shape index (κ2) is 7.80. The maximum absolute atomic E-state index is 12.4. The first-order chi connectivity index (χ1) is 12.0. The van der Waals surface area contributed by atoms with Gasteiger partial charge < -0.3 is 15.4 Å². The summed E-state index contributed by atoms with van der Waals surface area (Å²) in [6.45, 7) is 1.80. The number of carbonyl (C=O) groups excluding carboxylic acids is 2. The summed E-state index contributed by atoms with van der Waals surface area (Å²) < 4.78 is 5.35. The number of thioether (sulfide) groups is 1. The van der Waals surface area contributed by atoms with Gasteiger partial charge in [0, 0.05) is 11.8 Å². The van der Waals surface area contributed by atoms with E-state index in [-0.39, 0.29) is 23.7 Å². The molecule has 0 bridgehead atoms. The molecule has 3 rings (SSSR count). The van der Waals surface area contributed by atoms with E-state index < -0.39 is 0 Å². The molecule has 0 aromatic heterocycles. The first kappa shape index (κ1) is 17.6. The smallest absolute Gasteiger partial charge is 0.262 e. The maximum Gasteiger partial charge on any atom is 0.262 e. The summed E-state index contributed by atoms with van der Waals surface area (Å²) in [5.74, 6) is 0.875. The van der Waals surface area contributed by atoms with Crippen molar-refractivity contribution in [1.82, 2.24) is 0 Å². The van der Waals surface area contributed by atoms with E-state index in [1.165, 1.54) is 5.56 Å². The SMILES string of the molecule is CC(SCc1ccccc1)C(=O)Nc1cc2c(cc1Cl)NC(=O)CO2. The third-order valence-corrected chi connectivity index (χ3v) is 5.20. The zero-order valence-electron chi connectivity index (χ0n) is 13.5. The van der Waals surface area contributed by atoms with Crippen molar-refractivity contribution in [3.8, 4) is 5.75 Å². The lowest BCUT2D eigenvalue weighted by molar-refractivity contribution is -0.118. The molecule has 2 amide bonds. The minimum Gasteiger partial charge on any atom is -0.482 e. The van der Waals surface area contributed by atoms with Crippen LogP contribution in [0.2, 0.25) is 5.02 Å². The van der Waals surface area contributed by atoms with Gasteiger partial charge in [0.15, 0.2) is 6.61 Å². The Bertz CT molecular complexity index is 798. The Morgan fingerprint density at radius 2 is 2.12 bits per heavy atom. The highest BCUT2D eigenvalue weighted by Gasteiger charge is 2.20. The van der Waals surface area contributed by atoms with Crippen LogP contribution in [-0.4, -0.2) is 23.7 Å². The fourth-order valence-corrected chi connectivity index (χ4v) is 3.36. The van der Waals surface area contributed by atoms with Crippen molar-refractivity contribution in [2.45, 2.75) is 17.9 Å². The molecule has 2 N–H and O–H groups in total. The van der Waals surface area contributed by atoms with Gasteiger partial charge in [-0.2, -0.15) is 0 Å². The van der Waals surface area contributed by atoms with Crippen molar-refractivity contribution in [2.75, 3.05) is 17.2 Å². The highest BCUT2D eigenvalue weighted by atomic mass is 35.5. The quantitative estimate of drug-likeness (QED) is 0.829. The molecule has 2 aromatic rings. The van der Waals surface area contributed by atoms with Crippen molar-refractivity contribution in [2.24, 2.45) is 0 Å². The Labute approximate surface area is 155 Å². The van der Waals surface area contributed by atoms with E-state index in [2.05, 4.69) is 10.6 Å². The van der Waals surface area contributed by atoms with Crippen LogP contribution in [-0.2, 0) is 15.3 Å². The molecule has 1 heterocycles. The van der Waals surface area contributed by atoms with Crippen LogP contribution in [0.15, 0.2) is 42.5 Å². The number of hydrogen-bond acceptors (Lipinski definition) is 4. The van der Waals surface area contributed by atoms with Gasteiger partial charge in [0.1, 0.15) is 5.75 Å². The van der Waals surface area contributed by atoms with Crippen LogP contribution in [0.4, 0.5) is 11.4 Å². The van der Waals surface area contributed by atoms with Crippen molar-refractivity contribution < 1.29 is 14.3 Å². The number of fused-ring (bicyclic) bond motifs is 1. The van der Waals surface area contributed by atoms with Gasteiger partial charge in [0.25, 0.3) is 5.91 Å². The number of rotatable bonds is 5. The average Bonchev–Trinajstić information content (AvgIpc) is 2.61. The molecular weight excluding hydrogens is 360 g/mol. The summed E-state index contributed by atoms with van der Waals surface area (Å²) in [5, 5.41) is 5.60. The van der Waals surface area contributed by atoms with Gasteiger partial charge in [0.2, 0.25) is 5.91 Å². The van der Waals surface area contributed by atoms with Gasteiger partial charge in [-0.3, -0.25) is 9.59 Å². The van der Waals surface area contributed by atoms with E-state index in [4.69, 9.17) is 16.3 Å². The minimum atomic E-state index is -0.243. The van der Waals surface area contributed by atoms with Gasteiger partial charge >= 0.3 is 0 Å². The Morgan fingerprint density at radius 3 is 2.88 bits per heavy atom. The van der Waals surface area contributed by atoms with Crippen LogP contribution >= 0.6 is 23.4 Å². The Hall–Kier alpha value is -2.18. The second-order valence-electron chi connectivity index (χ2n) is 5.59. The lowest BCUT2D eigenvalue weighted by Crippen LogP contribution is -2.26. The summed E-state index contributed by atoms with van der Waals surface area (Å²) >= 11 is 7.75. The molecule has 7 heteroatoms. The number of hydrogen-bond donors (Lipinski definition) is 2. The number of halogens is 1. The molecule has 130 valence electrons. The fraction of sp³-hybridized carbons (Fsp3) is 0.222. The van der Waals surface area contributed by atoms with Crippen LogP contribution in [0.5, 0.6) is 5.75 Å². The molecule has 0 aliphatic carbocycles. The summed E-state index contributed by atoms with van der Waals surface area (Å²) in [7, 11) is 0. The van der Waals surface area contributed by atoms with Crippen LogP contribution in [0, 0.1) is 0 Å². The topological polar surface area (TPSA) is 67.4 Å². The van der Waals surface area contributed by atoms with Gasteiger partial charge in [-0.15, -0.1) is 11.8 Å². The van der Waals surface area contributed by atoms with Gasteiger partial charge in [-0.05, 0) is 18.6 Å². The molecule has 0 saturated heterocycles. The Morgan fingerprint density at radius 1 is 1.36 bits per heavy atom. The molecule has 0 fully saturated rings. The molecule has 25 heavy (non-hydrogen) atoms. The standard InChI is InChI=1S/C18H17ClN2O3S/c1-11(25-10-12-5-3-2-4-6-12)18(23)21-14-8-16-15(7-13(14)19)20-17(22)9-24-16/h2-8,11H,9-10H2,1H3,(H,20,22)(H,21,23). The molecule has 1 aliphatic rings. The van der Waals surface area contributed by atoms with E-state index in [1.54, 1.807) is 23.9 Å². The van der Waals surface area contributed by atoms with Crippen LogP contribution < -0.4 is 15.4 Å². The fourth-order valence-electron chi connectivity index (χ4n) is 2.30. The predicted molar refractivity (Wildman–Crippen MR) is 101 cm³/mol. The molecule has 1 atom stereocenters. The number of anilines is 2. The Kier molecular flexibility index (Phi) is 5.50. The largest absolute Gasteiger partial charge is 0.482 e. The van der Waals surface area contributed by atoms with E-state index >= 15 is 0 Å². The molecule has 5 nitrogen and oxygen atoms in total. The Balaban J connectivity index is 1.63. The zero-order chi connectivity index (χ0) is 17.8. The summed E-state index contributed by atoms with van der Waals surface area (Å²) in [6, 6.07) is 13.2. The number of carbonyl (C=O) groups is 2. The average molecular weight is 377 g/mol.